The van der Waals surface area contributed by atoms with Crippen LogP contribution in [-0.4, -0.2) is 53.6 Å². The first-order valence-electron chi connectivity index (χ1n) is 14.2. The van der Waals surface area contributed by atoms with Gasteiger partial charge < -0.3 is 19.3 Å². The molecule has 0 radical (unpaired) electrons. The molecule has 1 heterocycles. The average Bonchev–Trinajstić information content (AvgIpc) is 3.13. The molecule has 4 fully saturated rings. The number of aliphatic hydroxyl groups is 1. The van der Waals surface area contributed by atoms with Gasteiger partial charge in [-0.2, -0.15) is 0 Å². The van der Waals surface area contributed by atoms with E-state index in [-0.39, 0.29) is 30.3 Å². The number of ether oxygens (including phenoxy) is 3. The first-order valence-corrected chi connectivity index (χ1v) is 14.2. The van der Waals surface area contributed by atoms with Crippen LogP contribution in [0.2, 0.25) is 0 Å². The highest BCUT2D eigenvalue weighted by molar-refractivity contribution is 5.75. The molecule has 10 atom stereocenters. The Kier molecular flexibility index (Phi) is 6.86. The van der Waals surface area contributed by atoms with Gasteiger partial charge in [0, 0.05) is 23.2 Å². The van der Waals surface area contributed by atoms with E-state index in [2.05, 4.69) is 6.92 Å². The normalized spacial score (nSPS) is 50.0. The van der Waals surface area contributed by atoms with Gasteiger partial charge in [0.1, 0.15) is 11.8 Å². The van der Waals surface area contributed by atoms with Crippen molar-refractivity contribution in [1.29, 1.82) is 0 Å². The van der Waals surface area contributed by atoms with Crippen molar-refractivity contribution in [3.63, 3.8) is 0 Å². The molecule has 0 amide bonds. The van der Waals surface area contributed by atoms with Gasteiger partial charge in [-0.25, -0.2) is 13.6 Å². The summed E-state index contributed by atoms with van der Waals surface area (Å²) in [6.45, 7) is 7.87. The van der Waals surface area contributed by atoms with E-state index in [1.165, 1.54) is 6.92 Å². The molecule has 0 aromatic rings. The van der Waals surface area contributed by atoms with E-state index in [1.807, 2.05) is 19.9 Å². The maximum Gasteiger partial charge on any atom is 0.338 e. The first kappa shape index (κ1) is 26.6. The zero-order valence-corrected chi connectivity index (χ0v) is 22.4. The fourth-order valence-corrected chi connectivity index (χ4v) is 8.96. The highest BCUT2D eigenvalue weighted by Crippen LogP contribution is 2.71. The Bertz CT molecular complexity index is 893. The number of allylic oxidation sites excluding steroid dienone is 2. The number of carbonyl (C=O) groups is 1. The summed E-state index contributed by atoms with van der Waals surface area (Å²) in [5.41, 5.74) is -2.49. The Labute approximate surface area is 214 Å². The van der Waals surface area contributed by atoms with Gasteiger partial charge in [-0.1, -0.05) is 33.3 Å². The molecule has 1 saturated heterocycles. The van der Waals surface area contributed by atoms with Crippen molar-refractivity contribution in [3.8, 4) is 0 Å². The molecule has 3 saturated carbocycles. The molecular weight excluding hydrogens is 466 g/mol. The summed E-state index contributed by atoms with van der Waals surface area (Å²) < 4.78 is 51.4. The molecule has 204 valence electrons. The Morgan fingerprint density at radius 1 is 1.17 bits per heavy atom. The number of halogens is 2. The maximum atomic E-state index is 17.3. The van der Waals surface area contributed by atoms with Crippen molar-refractivity contribution in [3.05, 3.63) is 11.6 Å². The smallest absolute Gasteiger partial charge is 0.338 e. The number of aliphatic hydroxyl groups excluding tert-OH is 1. The fraction of sp³-hybridized carbons (Fsp3) is 0.897. The molecule has 3 unspecified atom stereocenters. The number of alkyl halides is 2. The molecular formula is C29H44F2O5. The van der Waals surface area contributed by atoms with Gasteiger partial charge >= 0.3 is 5.97 Å². The Morgan fingerprint density at radius 3 is 2.67 bits per heavy atom. The SMILES string of the molecule is CCCC1OC(C(C)O)C(=O)OCC[C@]2(CC[C@H]3[C@@H]4C[C@H](F)C5=CCCC[C@]5(C)[C@@]4(F)CC[C@@]32C)O1. The Morgan fingerprint density at radius 2 is 1.94 bits per heavy atom. The third-order valence-corrected chi connectivity index (χ3v) is 11.0. The van der Waals surface area contributed by atoms with Gasteiger partial charge in [0.05, 0.1) is 18.3 Å². The summed E-state index contributed by atoms with van der Waals surface area (Å²) in [4.78, 5) is 12.7. The highest BCUT2D eigenvalue weighted by atomic mass is 19.1. The van der Waals surface area contributed by atoms with Gasteiger partial charge in [0.25, 0.3) is 0 Å². The topological polar surface area (TPSA) is 65.0 Å². The average molecular weight is 511 g/mol. The quantitative estimate of drug-likeness (QED) is 0.374. The minimum atomic E-state index is -1.42. The van der Waals surface area contributed by atoms with Crippen molar-refractivity contribution in [2.75, 3.05) is 6.61 Å². The van der Waals surface area contributed by atoms with Crippen LogP contribution >= 0.6 is 0 Å². The lowest BCUT2D eigenvalue weighted by Crippen LogP contribution is -2.64. The number of hydrogen-bond acceptors (Lipinski definition) is 5. The van der Waals surface area contributed by atoms with Gasteiger partial charge in [0.2, 0.25) is 0 Å². The first-order chi connectivity index (χ1) is 17.0. The molecule has 1 N–H and O–H groups in total. The van der Waals surface area contributed by atoms with Crippen LogP contribution in [0.25, 0.3) is 0 Å². The summed E-state index contributed by atoms with van der Waals surface area (Å²) in [5.74, 6) is -0.948. The van der Waals surface area contributed by atoms with Crippen molar-refractivity contribution in [2.45, 2.75) is 134 Å². The number of carbonyl (C=O) groups excluding carboxylic acids is 1. The van der Waals surface area contributed by atoms with Gasteiger partial charge in [-0.15, -0.1) is 0 Å². The predicted octanol–water partition coefficient (Wildman–Crippen LogP) is 5.97. The largest absolute Gasteiger partial charge is 0.464 e. The lowest BCUT2D eigenvalue weighted by atomic mass is 9.44. The lowest BCUT2D eigenvalue weighted by molar-refractivity contribution is -0.274. The standard InChI is InChI=1S/C29H44F2O5/c1-5-8-23-35-24(18(2)32)25(33)34-16-15-28(36-23)12-10-19-21-17-22(30)20-9-6-7-11-27(20,4)29(21,31)14-13-26(19,28)3/h9,18-19,21-24,32H,5-8,10-17H2,1-4H3/t18?,19-,21-,22-,23?,24?,26-,27-,28-,29+/m0/s1. The molecule has 1 spiro atoms. The summed E-state index contributed by atoms with van der Waals surface area (Å²) in [6, 6.07) is 0. The Hall–Kier alpha value is -1.05. The predicted molar refractivity (Wildman–Crippen MR) is 132 cm³/mol. The molecule has 0 bridgehead atoms. The van der Waals surface area contributed by atoms with Crippen LogP contribution < -0.4 is 0 Å². The van der Waals surface area contributed by atoms with Crippen molar-refractivity contribution in [1.82, 2.24) is 0 Å². The second-order valence-corrected chi connectivity index (χ2v) is 12.7. The van der Waals surface area contributed by atoms with Crippen molar-refractivity contribution in [2.24, 2.45) is 22.7 Å². The van der Waals surface area contributed by atoms with E-state index in [0.29, 0.717) is 44.1 Å². The van der Waals surface area contributed by atoms with Crippen LogP contribution in [0.5, 0.6) is 0 Å². The highest BCUT2D eigenvalue weighted by Gasteiger charge is 2.71. The minimum Gasteiger partial charge on any atom is -0.464 e. The monoisotopic (exact) mass is 510 g/mol. The van der Waals surface area contributed by atoms with E-state index >= 15 is 8.78 Å². The van der Waals surface area contributed by atoms with Crippen LogP contribution in [-0.2, 0) is 19.0 Å². The van der Waals surface area contributed by atoms with E-state index in [9.17, 15) is 9.90 Å². The third kappa shape index (κ3) is 3.73. The van der Waals surface area contributed by atoms with E-state index < -0.39 is 47.3 Å². The zero-order valence-electron chi connectivity index (χ0n) is 22.4. The number of cyclic esters (lactones) is 1. The Balaban J connectivity index is 1.49. The summed E-state index contributed by atoms with van der Waals surface area (Å²) in [5, 5.41) is 10.2. The van der Waals surface area contributed by atoms with Crippen molar-refractivity contribution >= 4 is 5.97 Å². The molecule has 5 rings (SSSR count). The van der Waals surface area contributed by atoms with Crippen LogP contribution in [0.15, 0.2) is 11.6 Å². The van der Waals surface area contributed by atoms with Gasteiger partial charge in [-0.05, 0) is 76.2 Å². The second-order valence-electron chi connectivity index (χ2n) is 12.7. The van der Waals surface area contributed by atoms with Gasteiger partial charge in [0.15, 0.2) is 12.4 Å². The molecule has 36 heavy (non-hydrogen) atoms. The minimum absolute atomic E-state index is 0.0129. The van der Waals surface area contributed by atoms with Crippen LogP contribution in [0.1, 0.15) is 98.3 Å². The van der Waals surface area contributed by atoms with E-state index in [1.54, 1.807) is 0 Å². The molecule has 5 nitrogen and oxygen atoms in total. The summed E-state index contributed by atoms with van der Waals surface area (Å²) >= 11 is 0. The summed E-state index contributed by atoms with van der Waals surface area (Å²) in [6.07, 6.45) is 5.17. The van der Waals surface area contributed by atoms with E-state index in [4.69, 9.17) is 14.2 Å². The second kappa shape index (κ2) is 9.30. The molecule has 1 aliphatic heterocycles. The maximum absolute atomic E-state index is 17.3. The molecule has 7 heteroatoms. The molecule has 0 aromatic carbocycles. The number of fused-ring (bicyclic) bond motifs is 6. The number of rotatable bonds is 3. The molecule has 5 aliphatic rings. The van der Waals surface area contributed by atoms with Crippen LogP contribution in [0, 0.1) is 22.7 Å². The van der Waals surface area contributed by atoms with E-state index in [0.717, 1.165) is 25.7 Å². The third-order valence-electron chi connectivity index (χ3n) is 11.0. The lowest BCUT2D eigenvalue weighted by Gasteiger charge is -2.63. The number of esters is 1. The zero-order chi connectivity index (χ0) is 25.9. The number of hydrogen-bond donors (Lipinski definition) is 1. The summed E-state index contributed by atoms with van der Waals surface area (Å²) in [7, 11) is 0. The fourth-order valence-electron chi connectivity index (χ4n) is 8.96. The van der Waals surface area contributed by atoms with Gasteiger partial charge in [-0.3, -0.25) is 0 Å². The van der Waals surface area contributed by atoms with Crippen molar-refractivity contribution < 1.29 is 32.9 Å². The van der Waals surface area contributed by atoms with Crippen LogP contribution in [0.4, 0.5) is 8.78 Å². The molecule has 0 aromatic heterocycles. The molecule has 4 aliphatic carbocycles. The van der Waals surface area contributed by atoms with Crippen LogP contribution in [0.3, 0.4) is 0 Å².